The zero-order valence-corrected chi connectivity index (χ0v) is 11.0. The molecule has 0 bridgehead atoms. The van der Waals surface area contributed by atoms with E-state index in [-0.39, 0.29) is 27.2 Å². The van der Waals surface area contributed by atoms with Crippen LogP contribution >= 0.6 is 15.9 Å². The van der Waals surface area contributed by atoms with Crippen molar-refractivity contribution in [1.29, 1.82) is 5.26 Å². The van der Waals surface area contributed by atoms with Gasteiger partial charge in [0.15, 0.2) is 17.3 Å². The first-order valence-electron chi connectivity index (χ1n) is 5.14. The molecule has 0 aliphatic carbocycles. The maximum Gasteiger partial charge on any atom is 0.181 e. The van der Waals surface area contributed by atoms with E-state index in [1.807, 2.05) is 6.07 Å². The molecule has 2 N–H and O–H groups in total. The van der Waals surface area contributed by atoms with Gasteiger partial charge in [-0.3, -0.25) is 0 Å². The van der Waals surface area contributed by atoms with Crippen molar-refractivity contribution in [3.8, 4) is 17.6 Å². The molecule has 3 nitrogen and oxygen atoms in total. The number of halogens is 3. The minimum atomic E-state index is -0.747. The number of nitriles is 1. The number of hydrogen-bond acceptors (Lipinski definition) is 3. The van der Waals surface area contributed by atoms with Crippen LogP contribution in [0.4, 0.5) is 14.5 Å². The molecular weight excluding hydrogens is 318 g/mol. The first-order valence-corrected chi connectivity index (χ1v) is 5.93. The van der Waals surface area contributed by atoms with Crippen molar-refractivity contribution >= 4 is 21.6 Å². The molecule has 0 amide bonds. The average Bonchev–Trinajstić information content (AvgIpc) is 2.39. The second-order valence-electron chi connectivity index (χ2n) is 3.64. The van der Waals surface area contributed by atoms with Gasteiger partial charge in [-0.05, 0) is 40.2 Å². The summed E-state index contributed by atoms with van der Waals surface area (Å²) in [6.45, 7) is 0. The van der Waals surface area contributed by atoms with Gasteiger partial charge < -0.3 is 10.5 Å². The van der Waals surface area contributed by atoms with Gasteiger partial charge in [-0.2, -0.15) is 5.26 Å². The molecular formula is C13H7BrF2N2O. The zero-order valence-electron chi connectivity index (χ0n) is 9.45. The van der Waals surface area contributed by atoms with Crippen LogP contribution in [-0.4, -0.2) is 0 Å². The Kier molecular flexibility index (Phi) is 3.67. The van der Waals surface area contributed by atoms with Crippen LogP contribution < -0.4 is 10.5 Å². The molecule has 96 valence electrons. The number of nitrogens with two attached hydrogens (primary N) is 1. The Balaban J connectivity index is 2.42. The number of rotatable bonds is 2. The molecule has 0 heterocycles. The van der Waals surface area contributed by atoms with Gasteiger partial charge >= 0.3 is 0 Å². The summed E-state index contributed by atoms with van der Waals surface area (Å²) in [4.78, 5) is 0. The molecule has 0 aromatic heterocycles. The second-order valence-corrected chi connectivity index (χ2v) is 4.43. The highest BCUT2D eigenvalue weighted by Gasteiger charge is 2.14. The maximum atomic E-state index is 13.9. The summed E-state index contributed by atoms with van der Waals surface area (Å²) in [6.07, 6.45) is 0. The van der Waals surface area contributed by atoms with Crippen LogP contribution in [0.5, 0.6) is 11.5 Å². The topological polar surface area (TPSA) is 59.0 Å². The lowest BCUT2D eigenvalue weighted by Crippen LogP contribution is -1.96. The average molecular weight is 325 g/mol. The number of nitrogen functional groups attached to an aromatic ring is 1. The van der Waals surface area contributed by atoms with Gasteiger partial charge in [0.25, 0.3) is 0 Å². The molecule has 0 radical (unpaired) electrons. The van der Waals surface area contributed by atoms with E-state index in [0.29, 0.717) is 0 Å². The fourth-order valence-corrected chi connectivity index (χ4v) is 1.83. The molecule has 0 unspecified atom stereocenters. The molecule has 6 heteroatoms. The van der Waals surface area contributed by atoms with E-state index >= 15 is 0 Å². The van der Waals surface area contributed by atoms with Crippen molar-refractivity contribution in [2.75, 3.05) is 5.73 Å². The van der Waals surface area contributed by atoms with Crippen molar-refractivity contribution in [3.63, 3.8) is 0 Å². The van der Waals surface area contributed by atoms with E-state index in [1.54, 1.807) is 0 Å². The summed E-state index contributed by atoms with van der Waals surface area (Å²) in [5.74, 6) is -1.43. The Bertz CT molecular complexity index is 683. The predicted molar refractivity (Wildman–Crippen MR) is 69.7 cm³/mol. The van der Waals surface area contributed by atoms with Crippen LogP contribution in [0.1, 0.15) is 5.56 Å². The smallest absolute Gasteiger partial charge is 0.181 e. The van der Waals surface area contributed by atoms with Gasteiger partial charge in [0.1, 0.15) is 11.9 Å². The largest absolute Gasteiger partial charge is 0.452 e. The SMILES string of the molecule is N#Cc1ccc(Oc2cc(F)ccc2N)c(F)c1Br. The van der Waals surface area contributed by atoms with Gasteiger partial charge in [0.2, 0.25) is 0 Å². The van der Waals surface area contributed by atoms with Crippen LogP contribution in [0.15, 0.2) is 34.8 Å². The van der Waals surface area contributed by atoms with Crippen molar-refractivity contribution in [2.45, 2.75) is 0 Å². The van der Waals surface area contributed by atoms with Crippen LogP contribution in [0.25, 0.3) is 0 Å². The first-order chi connectivity index (χ1) is 9.02. The van der Waals surface area contributed by atoms with Crippen LogP contribution in [0.3, 0.4) is 0 Å². The normalized spacial score (nSPS) is 10.0. The molecule has 0 saturated carbocycles. The third-order valence-electron chi connectivity index (χ3n) is 2.36. The zero-order chi connectivity index (χ0) is 14.0. The van der Waals surface area contributed by atoms with E-state index in [0.717, 1.165) is 6.07 Å². The molecule has 2 aromatic carbocycles. The molecule has 0 saturated heterocycles. The summed E-state index contributed by atoms with van der Waals surface area (Å²) < 4.78 is 32.2. The summed E-state index contributed by atoms with van der Waals surface area (Å²) in [5.41, 5.74) is 5.92. The monoisotopic (exact) mass is 324 g/mol. The van der Waals surface area contributed by atoms with Crippen LogP contribution in [0, 0.1) is 23.0 Å². The van der Waals surface area contributed by atoms with Crippen molar-refractivity contribution in [2.24, 2.45) is 0 Å². The highest BCUT2D eigenvalue weighted by molar-refractivity contribution is 9.10. The molecule has 0 aliphatic heterocycles. The maximum absolute atomic E-state index is 13.9. The van der Waals surface area contributed by atoms with Gasteiger partial charge in [0, 0.05) is 6.07 Å². The Labute approximate surface area is 116 Å². The van der Waals surface area contributed by atoms with E-state index < -0.39 is 11.6 Å². The minimum absolute atomic E-state index is 0.00973. The highest BCUT2D eigenvalue weighted by atomic mass is 79.9. The first kappa shape index (κ1) is 13.3. The molecule has 0 spiro atoms. The number of nitrogens with zero attached hydrogens (tertiary/aromatic N) is 1. The Morgan fingerprint density at radius 2 is 1.89 bits per heavy atom. The lowest BCUT2D eigenvalue weighted by atomic mass is 10.2. The Morgan fingerprint density at radius 1 is 1.16 bits per heavy atom. The molecule has 2 rings (SSSR count). The number of anilines is 1. The lowest BCUT2D eigenvalue weighted by molar-refractivity contribution is 0.438. The quantitative estimate of drug-likeness (QED) is 0.850. The van der Waals surface area contributed by atoms with E-state index in [1.165, 1.54) is 24.3 Å². The third-order valence-corrected chi connectivity index (χ3v) is 3.14. The standard InChI is InChI=1S/C13H7BrF2N2O/c14-12-7(6-17)1-4-10(13(12)16)19-11-5-8(15)2-3-9(11)18/h1-5H,18H2. The number of ether oxygens (including phenoxy) is 1. The van der Waals surface area contributed by atoms with E-state index in [2.05, 4.69) is 15.9 Å². The minimum Gasteiger partial charge on any atom is -0.452 e. The van der Waals surface area contributed by atoms with Crippen LogP contribution in [-0.2, 0) is 0 Å². The lowest BCUT2D eigenvalue weighted by Gasteiger charge is -2.10. The number of benzene rings is 2. The van der Waals surface area contributed by atoms with E-state index in [4.69, 9.17) is 15.7 Å². The van der Waals surface area contributed by atoms with Crippen LogP contribution in [0.2, 0.25) is 0 Å². The summed E-state index contributed by atoms with van der Waals surface area (Å²) in [5, 5.41) is 8.75. The fraction of sp³-hybridized carbons (Fsp3) is 0. The number of hydrogen-bond donors (Lipinski definition) is 1. The van der Waals surface area contributed by atoms with Crippen molar-refractivity contribution in [1.82, 2.24) is 0 Å². The Hall–Kier alpha value is -2.13. The Morgan fingerprint density at radius 3 is 2.58 bits per heavy atom. The van der Waals surface area contributed by atoms with Crippen molar-refractivity contribution in [3.05, 3.63) is 52.0 Å². The third kappa shape index (κ3) is 2.66. The second kappa shape index (κ2) is 5.24. The van der Waals surface area contributed by atoms with Gasteiger partial charge in [0.05, 0.1) is 15.7 Å². The van der Waals surface area contributed by atoms with E-state index in [9.17, 15) is 8.78 Å². The summed E-state index contributed by atoms with van der Waals surface area (Å²) >= 11 is 2.95. The summed E-state index contributed by atoms with van der Waals surface area (Å²) in [7, 11) is 0. The molecule has 0 atom stereocenters. The van der Waals surface area contributed by atoms with Gasteiger partial charge in [-0.25, -0.2) is 8.78 Å². The summed E-state index contributed by atoms with van der Waals surface area (Å²) in [6, 6.07) is 8.04. The molecule has 0 aliphatic rings. The highest BCUT2D eigenvalue weighted by Crippen LogP contribution is 2.33. The van der Waals surface area contributed by atoms with Gasteiger partial charge in [-0.1, -0.05) is 0 Å². The molecule has 19 heavy (non-hydrogen) atoms. The van der Waals surface area contributed by atoms with Crippen molar-refractivity contribution < 1.29 is 13.5 Å². The molecule has 0 fully saturated rings. The predicted octanol–water partition coefficient (Wildman–Crippen LogP) is 3.97. The fourth-order valence-electron chi connectivity index (χ4n) is 1.41. The molecule has 2 aromatic rings. The van der Waals surface area contributed by atoms with Gasteiger partial charge in [-0.15, -0.1) is 0 Å².